The van der Waals surface area contributed by atoms with Crippen LogP contribution in [0.3, 0.4) is 0 Å². The highest BCUT2D eigenvalue weighted by Gasteiger charge is 2.45. The van der Waals surface area contributed by atoms with Crippen LogP contribution in [0.1, 0.15) is 45.5 Å². The molecule has 3 heterocycles. The van der Waals surface area contributed by atoms with Gasteiger partial charge in [0, 0.05) is 13.0 Å². The molecule has 4 aliphatic rings. The van der Waals surface area contributed by atoms with Crippen LogP contribution >= 0.6 is 0 Å². The number of hydrogen-bond donors (Lipinski definition) is 3. The second kappa shape index (κ2) is 7.03. The van der Waals surface area contributed by atoms with Crippen molar-refractivity contribution in [1.29, 1.82) is 0 Å². The fraction of sp³-hybridized carbons (Fsp3) is 0.524. The van der Waals surface area contributed by atoms with Gasteiger partial charge in [-0.15, -0.1) is 0 Å². The Hall–Kier alpha value is -2.58. The molecule has 3 fully saturated rings. The molecule has 3 N–H and O–H groups in total. The van der Waals surface area contributed by atoms with Crippen molar-refractivity contribution in [3.63, 3.8) is 0 Å². The van der Waals surface area contributed by atoms with Gasteiger partial charge in [0.1, 0.15) is 6.04 Å². The molecule has 5 rings (SSSR count). The SMILES string of the molecule is O=C1CCC(N2C(=O)c3ccc(CNC[C@@H]4C[C@H]5CNC[C@@H]45)cc3C2=O)C(=O)N1. The average Bonchev–Trinajstić information content (AvgIpc) is 3.17. The van der Waals surface area contributed by atoms with Gasteiger partial charge in [0.05, 0.1) is 11.1 Å². The highest BCUT2D eigenvalue weighted by Crippen LogP contribution is 2.42. The van der Waals surface area contributed by atoms with Crippen molar-refractivity contribution in [2.45, 2.75) is 31.8 Å². The molecule has 0 spiro atoms. The van der Waals surface area contributed by atoms with E-state index in [0.717, 1.165) is 41.9 Å². The molecule has 0 radical (unpaired) electrons. The minimum Gasteiger partial charge on any atom is -0.316 e. The third kappa shape index (κ3) is 3.07. The van der Waals surface area contributed by atoms with Crippen LogP contribution in [0.4, 0.5) is 0 Å². The Morgan fingerprint density at radius 3 is 2.69 bits per heavy atom. The zero-order valence-corrected chi connectivity index (χ0v) is 16.1. The van der Waals surface area contributed by atoms with Crippen molar-refractivity contribution in [1.82, 2.24) is 20.9 Å². The lowest BCUT2D eigenvalue weighted by Crippen LogP contribution is -2.54. The summed E-state index contributed by atoms with van der Waals surface area (Å²) in [6, 6.07) is 4.34. The summed E-state index contributed by atoms with van der Waals surface area (Å²) in [4.78, 5) is 50.1. The third-order valence-electron chi connectivity index (χ3n) is 6.84. The monoisotopic (exact) mass is 396 g/mol. The van der Waals surface area contributed by atoms with Gasteiger partial charge >= 0.3 is 0 Å². The van der Waals surface area contributed by atoms with Crippen molar-refractivity contribution in [3.8, 4) is 0 Å². The van der Waals surface area contributed by atoms with Gasteiger partial charge in [0.25, 0.3) is 11.8 Å². The number of nitrogens with one attached hydrogen (secondary N) is 3. The Balaban J connectivity index is 1.24. The van der Waals surface area contributed by atoms with Crippen molar-refractivity contribution < 1.29 is 19.2 Å². The number of imide groups is 2. The fourth-order valence-electron chi connectivity index (χ4n) is 5.20. The lowest BCUT2D eigenvalue weighted by atomic mass is 9.67. The summed E-state index contributed by atoms with van der Waals surface area (Å²) in [5, 5.41) is 9.14. The Morgan fingerprint density at radius 2 is 1.90 bits per heavy atom. The van der Waals surface area contributed by atoms with Crippen LogP contribution < -0.4 is 16.0 Å². The zero-order valence-electron chi connectivity index (χ0n) is 16.1. The summed E-state index contributed by atoms with van der Waals surface area (Å²) < 4.78 is 0. The second-order valence-corrected chi connectivity index (χ2v) is 8.54. The molecule has 3 aliphatic heterocycles. The summed E-state index contributed by atoms with van der Waals surface area (Å²) >= 11 is 0. The molecule has 1 saturated carbocycles. The van der Waals surface area contributed by atoms with Crippen LogP contribution in [0.5, 0.6) is 0 Å². The van der Waals surface area contributed by atoms with E-state index in [1.54, 1.807) is 12.1 Å². The van der Waals surface area contributed by atoms with Gasteiger partial charge in [0.15, 0.2) is 0 Å². The quantitative estimate of drug-likeness (QED) is 0.607. The molecule has 8 nitrogen and oxygen atoms in total. The average molecular weight is 396 g/mol. The number of nitrogens with zero attached hydrogens (tertiary/aromatic N) is 1. The molecule has 4 atom stereocenters. The maximum atomic E-state index is 12.9. The van der Waals surface area contributed by atoms with E-state index in [0.29, 0.717) is 23.6 Å². The molecule has 0 bridgehead atoms. The van der Waals surface area contributed by atoms with E-state index in [2.05, 4.69) is 16.0 Å². The maximum Gasteiger partial charge on any atom is 0.262 e. The van der Waals surface area contributed by atoms with Gasteiger partial charge in [-0.25, -0.2) is 0 Å². The van der Waals surface area contributed by atoms with Crippen LogP contribution in [-0.2, 0) is 16.1 Å². The summed E-state index contributed by atoms with van der Waals surface area (Å²) in [7, 11) is 0. The Morgan fingerprint density at radius 1 is 1.07 bits per heavy atom. The van der Waals surface area contributed by atoms with Crippen LogP contribution in [0.2, 0.25) is 0 Å². The Labute approximate surface area is 168 Å². The molecular formula is C21H24N4O4. The van der Waals surface area contributed by atoms with E-state index in [9.17, 15) is 19.2 Å². The zero-order chi connectivity index (χ0) is 20.1. The minimum absolute atomic E-state index is 0.123. The van der Waals surface area contributed by atoms with E-state index in [1.165, 1.54) is 6.42 Å². The first-order valence-corrected chi connectivity index (χ1v) is 10.3. The number of carbonyl (C=O) groups excluding carboxylic acids is 4. The lowest BCUT2D eigenvalue weighted by Gasteiger charge is -2.39. The lowest BCUT2D eigenvalue weighted by molar-refractivity contribution is -0.136. The highest BCUT2D eigenvalue weighted by atomic mass is 16.2. The summed E-state index contributed by atoms with van der Waals surface area (Å²) in [6.07, 6.45) is 1.56. The molecule has 2 saturated heterocycles. The fourth-order valence-corrected chi connectivity index (χ4v) is 5.20. The van der Waals surface area contributed by atoms with Crippen LogP contribution in [0.15, 0.2) is 18.2 Å². The van der Waals surface area contributed by atoms with Crippen molar-refractivity contribution in [2.75, 3.05) is 19.6 Å². The molecule has 1 aromatic carbocycles. The van der Waals surface area contributed by atoms with Crippen LogP contribution in [0.25, 0.3) is 0 Å². The molecule has 4 amide bonds. The molecule has 1 aliphatic carbocycles. The Bertz CT molecular complexity index is 914. The Kier molecular flexibility index (Phi) is 4.48. The van der Waals surface area contributed by atoms with E-state index in [-0.39, 0.29) is 18.7 Å². The largest absolute Gasteiger partial charge is 0.316 e. The van der Waals surface area contributed by atoms with E-state index in [4.69, 9.17) is 0 Å². The number of rotatable bonds is 5. The standard InChI is InChI=1S/C21H24N4O4/c26-18-4-3-17(19(27)24-18)25-20(28)14-2-1-11(5-15(14)21(25)29)7-22-8-12-6-13-9-23-10-16(12)13/h1-2,5,12-13,16-17,22-23H,3-4,6-10H2,(H,24,26,27)/t12-,13-,16-,17?/m0/s1. The number of piperidine rings is 1. The normalized spacial score (nSPS) is 30.8. The van der Waals surface area contributed by atoms with Crippen molar-refractivity contribution in [2.24, 2.45) is 17.8 Å². The molecule has 152 valence electrons. The number of fused-ring (bicyclic) bond motifs is 2. The molecule has 0 aromatic heterocycles. The first kappa shape index (κ1) is 18.4. The van der Waals surface area contributed by atoms with E-state index >= 15 is 0 Å². The van der Waals surface area contributed by atoms with Gasteiger partial charge in [-0.2, -0.15) is 0 Å². The van der Waals surface area contributed by atoms with Crippen molar-refractivity contribution >= 4 is 23.6 Å². The summed E-state index contributed by atoms with van der Waals surface area (Å²) in [5.74, 6) is 0.442. The predicted molar refractivity (Wildman–Crippen MR) is 103 cm³/mol. The van der Waals surface area contributed by atoms with Crippen LogP contribution in [-0.4, -0.2) is 54.2 Å². The highest BCUT2D eigenvalue weighted by molar-refractivity contribution is 6.23. The number of carbonyl (C=O) groups is 4. The first-order valence-electron chi connectivity index (χ1n) is 10.3. The minimum atomic E-state index is -0.923. The number of hydrogen-bond acceptors (Lipinski definition) is 6. The van der Waals surface area contributed by atoms with E-state index in [1.807, 2.05) is 6.07 Å². The summed E-state index contributed by atoms with van der Waals surface area (Å²) in [6.45, 7) is 3.85. The van der Waals surface area contributed by atoms with Crippen LogP contribution in [0, 0.1) is 17.8 Å². The number of benzene rings is 1. The third-order valence-corrected chi connectivity index (χ3v) is 6.84. The maximum absolute atomic E-state index is 12.9. The second-order valence-electron chi connectivity index (χ2n) is 8.54. The van der Waals surface area contributed by atoms with Crippen molar-refractivity contribution in [3.05, 3.63) is 34.9 Å². The topological polar surface area (TPSA) is 108 Å². The molecular weight excluding hydrogens is 372 g/mol. The van der Waals surface area contributed by atoms with Gasteiger partial charge in [0.2, 0.25) is 11.8 Å². The molecule has 1 aromatic rings. The van der Waals surface area contributed by atoms with Gasteiger partial charge in [-0.05, 0) is 67.9 Å². The smallest absolute Gasteiger partial charge is 0.262 e. The molecule has 1 unspecified atom stereocenters. The first-order chi connectivity index (χ1) is 14.0. The molecule has 29 heavy (non-hydrogen) atoms. The van der Waals surface area contributed by atoms with Gasteiger partial charge < -0.3 is 10.6 Å². The summed E-state index contributed by atoms with van der Waals surface area (Å²) in [5.41, 5.74) is 1.60. The predicted octanol–water partition coefficient (Wildman–Crippen LogP) is 0.0329. The van der Waals surface area contributed by atoms with Gasteiger partial charge in [-0.1, -0.05) is 6.07 Å². The van der Waals surface area contributed by atoms with Gasteiger partial charge in [-0.3, -0.25) is 29.4 Å². The number of amides is 4. The van der Waals surface area contributed by atoms with E-state index < -0.39 is 23.8 Å². The molecule has 8 heteroatoms.